The van der Waals surface area contributed by atoms with Gasteiger partial charge in [0.25, 0.3) is 6.43 Å². The van der Waals surface area contributed by atoms with Crippen LogP contribution >= 0.6 is 0 Å². The maximum absolute atomic E-state index is 12.6. The molecule has 2 unspecified atom stereocenters. The molecular formula is C12H20F2N2O2. The lowest BCUT2D eigenvalue weighted by molar-refractivity contribution is -0.157. The van der Waals surface area contributed by atoms with Crippen molar-refractivity contribution in [2.24, 2.45) is 5.92 Å². The molecule has 1 heterocycles. The van der Waals surface area contributed by atoms with E-state index in [-0.39, 0.29) is 11.8 Å². The van der Waals surface area contributed by atoms with Crippen molar-refractivity contribution in [2.45, 2.75) is 52.1 Å². The van der Waals surface area contributed by atoms with Gasteiger partial charge in [0.2, 0.25) is 11.8 Å². The van der Waals surface area contributed by atoms with Gasteiger partial charge in [-0.1, -0.05) is 20.3 Å². The molecular weight excluding hydrogens is 242 g/mol. The number of halogens is 2. The SMILES string of the molecule is CCC(C)C1C(=O)NC(C)(C)C(=O)N1CC(F)F. The Hall–Kier alpha value is -1.20. The highest BCUT2D eigenvalue weighted by atomic mass is 19.3. The second kappa shape index (κ2) is 5.20. The van der Waals surface area contributed by atoms with E-state index in [1.807, 2.05) is 6.92 Å². The van der Waals surface area contributed by atoms with Gasteiger partial charge in [0.15, 0.2) is 0 Å². The molecule has 104 valence electrons. The lowest BCUT2D eigenvalue weighted by Gasteiger charge is -2.44. The van der Waals surface area contributed by atoms with Crippen molar-refractivity contribution >= 4 is 11.8 Å². The average Bonchev–Trinajstić information content (AvgIpc) is 2.23. The summed E-state index contributed by atoms with van der Waals surface area (Å²) >= 11 is 0. The summed E-state index contributed by atoms with van der Waals surface area (Å²) in [6, 6.07) is -0.801. The van der Waals surface area contributed by atoms with Crippen LogP contribution in [-0.2, 0) is 9.59 Å². The van der Waals surface area contributed by atoms with E-state index in [9.17, 15) is 18.4 Å². The third-order valence-electron chi connectivity index (χ3n) is 3.35. The van der Waals surface area contributed by atoms with Crippen LogP contribution in [0.2, 0.25) is 0 Å². The van der Waals surface area contributed by atoms with E-state index < -0.39 is 30.5 Å². The maximum Gasteiger partial charge on any atom is 0.255 e. The molecule has 0 saturated carbocycles. The number of carbonyl (C=O) groups is 2. The molecule has 1 N–H and O–H groups in total. The molecule has 0 aromatic rings. The van der Waals surface area contributed by atoms with Crippen LogP contribution in [0.15, 0.2) is 0 Å². The molecule has 18 heavy (non-hydrogen) atoms. The first-order valence-corrected chi connectivity index (χ1v) is 6.12. The van der Waals surface area contributed by atoms with Gasteiger partial charge in [-0.05, 0) is 19.8 Å². The number of amides is 2. The zero-order valence-electron chi connectivity index (χ0n) is 11.2. The van der Waals surface area contributed by atoms with Crippen LogP contribution in [0.5, 0.6) is 0 Å². The number of hydrogen-bond acceptors (Lipinski definition) is 2. The Morgan fingerprint density at radius 3 is 2.39 bits per heavy atom. The van der Waals surface area contributed by atoms with Gasteiger partial charge in [-0.2, -0.15) is 0 Å². The second-order valence-electron chi connectivity index (χ2n) is 5.29. The van der Waals surface area contributed by atoms with Gasteiger partial charge < -0.3 is 10.2 Å². The van der Waals surface area contributed by atoms with Gasteiger partial charge in [0.05, 0.1) is 6.54 Å². The number of rotatable bonds is 4. The van der Waals surface area contributed by atoms with Crippen LogP contribution in [0.4, 0.5) is 8.78 Å². The van der Waals surface area contributed by atoms with Crippen molar-refractivity contribution in [3.8, 4) is 0 Å². The van der Waals surface area contributed by atoms with Crippen LogP contribution in [0.1, 0.15) is 34.1 Å². The van der Waals surface area contributed by atoms with E-state index in [0.717, 1.165) is 4.90 Å². The van der Waals surface area contributed by atoms with E-state index >= 15 is 0 Å². The summed E-state index contributed by atoms with van der Waals surface area (Å²) in [6.07, 6.45) is -1.99. The van der Waals surface area contributed by atoms with Gasteiger partial charge in [0.1, 0.15) is 11.6 Å². The van der Waals surface area contributed by atoms with Crippen molar-refractivity contribution in [1.29, 1.82) is 0 Å². The Balaban J connectivity index is 3.06. The third kappa shape index (κ3) is 2.79. The summed E-state index contributed by atoms with van der Waals surface area (Å²) in [6.45, 7) is 6.01. The maximum atomic E-state index is 12.6. The summed E-state index contributed by atoms with van der Waals surface area (Å²) in [4.78, 5) is 25.2. The fourth-order valence-electron chi connectivity index (χ4n) is 2.20. The van der Waals surface area contributed by atoms with E-state index in [4.69, 9.17) is 0 Å². The molecule has 1 aliphatic rings. The normalized spacial score (nSPS) is 25.3. The van der Waals surface area contributed by atoms with E-state index in [1.54, 1.807) is 6.92 Å². The highest BCUT2D eigenvalue weighted by Crippen LogP contribution is 2.25. The Morgan fingerprint density at radius 1 is 1.39 bits per heavy atom. The van der Waals surface area contributed by atoms with Gasteiger partial charge in [-0.25, -0.2) is 8.78 Å². The largest absolute Gasteiger partial charge is 0.340 e. The minimum absolute atomic E-state index is 0.149. The topological polar surface area (TPSA) is 49.4 Å². The molecule has 0 radical (unpaired) electrons. The molecule has 0 bridgehead atoms. The molecule has 0 aromatic heterocycles. The van der Waals surface area contributed by atoms with E-state index in [1.165, 1.54) is 13.8 Å². The Labute approximate surface area is 106 Å². The van der Waals surface area contributed by atoms with Crippen LogP contribution in [0, 0.1) is 5.92 Å². The summed E-state index contributed by atoms with van der Waals surface area (Å²) < 4.78 is 25.2. The number of nitrogens with zero attached hydrogens (tertiary/aromatic N) is 1. The lowest BCUT2D eigenvalue weighted by Crippen LogP contribution is -2.69. The standard InChI is InChI=1S/C12H20F2N2O2/c1-5-7(2)9-10(17)15-12(3,4)11(18)16(9)6-8(13)14/h7-9H,5-6H2,1-4H3,(H,15,17). The molecule has 2 amide bonds. The first-order chi connectivity index (χ1) is 8.20. The monoisotopic (exact) mass is 262 g/mol. The van der Waals surface area contributed by atoms with Crippen LogP contribution in [0.25, 0.3) is 0 Å². The molecule has 0 spiro atoms. The molecule has 6 heteroatoms. The van der Waals surface area contributed by atoms with Crippen molar-refractivity contribution in [3.63, 3.8) is 0 Å². The van der Waals surface area contributed by atoms with Crippen LogP contribution < -0.4 is 5.32 Å². The molecule has 2 atom stereocenters. The minimum atomic E-state index is -2.64. The van der Waals surface area contributed by atoms with Crippen LogP contribution in [0.3, 0.4) is 0 Å². The van der Waals surface area contributed by atoms with Crippen molar-refractivity contribution in [1.82, 2.24) is 10.2 Å². The molecule has 1 fully saturated rings. The summed E-state index contributed by atoms with van der Waals surface area (Å²) in [5.41, 5.74) is -1.12. The zero-order chi connectivity index (χ0) is 14.1. The van der Waals surface area contributed by atoms with Crippen molar-refractivity contribution in [3.05, 3.63) is 0 Å². The van der Waals surface area contributed by atoms with E-state index in [0.29, 0.717) is 6.42 Å². The summed E-state index contributed by atoms with van der Waals surface area (Å²) in [5.74, 6) is -0.953. The highest BCUT2D eigenvalue weighted by molar-refractivity contribution is 5.99. The van der Waals surface area contributed by atoms with Gasteiger partial charge in [0, 0.05) is 0 Å². The zero-order valence-corrected chi connectivity index (χ0v) is 11.2. The summed E-state index contributed by atoms with van der Waals surface area (Å²) in [7, 11) is 0. The Kier molecular flexibility index (Phi) is 4.29. The number of hydrogen-bond donors (Lipinski definition) is 1. The van der Waals surface area contributed by atoms with Gasteiger partial charge in [-0.3, -0.25) is 9.59 Å². The van der Waals surface area contributed by atoms with Crippen molar-refractivity contribution < 1.29 is 18.4 Å². The minimum Gasteiger partial charge on any atom is -0.340 e. The summed E-state index contributed by atoms with van der Waals surface area (Å²) in [5, 5.41) is 2.60. The highest BCUT2D eigenvalue weighted by Gasteiger charge is 2.47. The lowest BCUT2D eigenvalue weighted by atomic mass is 9.89. The molecule has 1 aliphatic heterocycles. The average molecular weight is 262 g/mol. The number of piperazine rings is 1. The van der Waals surface area contributed by atoms with Crippen LogP contribution in [-0.4, -0.2) is 41.3 Å². The quantitative estimate of drug-likeness (QED) is 0.832. The molecule has 0 aliphatic carbocycles. The Bertz CT molecular complexity index is 345. The number of alkyl halides is 2. The number of nitrogens with one attached hydrogen (secondary N) is 1. The second-order valence-corrected chi connectivity index (χ2v) is 5.29. The molecule has 1 saturated heterocycles. The Morgan fingerprint density at radius 2 is 1.94 bits per heavy atom. The molecule has 4 nitrogen and oxygen atoms in total. The number of carbonyl (C=O) groups excluding carboxylic acids is 2. The first kappa shape index (κ1) is 14.9. The smallest absolute Gasteiger partial charge is 0.255 e. The predicted molar refractivity (Wildman–Crippen MR) is 63.2 cm³/mol. The first-order valence-electron chi connectivity index (χ1n) is 6.12. The van der Waals surface area contributed by atoms with Gasteiger partial charge >= 0.3 is 0 Å². The molecule has 1 rings (SSSR count). The predicted octanol–water partition coefficient (Wildman–Crippen LogP) is 1.40. The molecule has 0 aromatic carbocycles. The van der Waals surface area contributed by atoms with Gasteiger partial charge in [-0.15, -0.1) is 0 Å². The fourth-order valence-corrected chi connectivity index (χ4v) is 2.20. The van der Waals surface area contributed by atoms with Crippen molar-refractivity contribution in [2.75, 3.05) is 6.54 Å². The fraction of sp³-hybridized carbons (Fsp3) is 0.833. The van der Waals surface area contributed by atoms with E-state index in [2.05, 4.69) is 5.32 Å². The third-order valence-corrected chi connectivity index (χ3v) is 3.35.